The van der Waals surface area contributed by atoms with Crippen molar-refractivity contribution in [2.75, 3.05) is 29.8 Å². The lowest BCUT2D eigenvalue weighted by Gasteiger charge is -2.28. The fourth-order valence-corrected chi connectivity index (χ4v) is 4.74. The Morgan fingerprint density at radius 2 is 2.14 bits per heavy atom. The molecular formula is C15H22N2O3S. The first-order valence-electron chi connectivity index (χ1n) is 7.57. The normalized spacial score (nSPS) is 23.4. The SMILES string of the molecule is O=S(=O)(CC1CCCCO1)N1CCNCc2ccccc21. The lowest BCUT2D eigenvalue weighted by atomic mass is 10.1. The third-order valence-corrected chi connectivity index (χ3v) is 5.92. The maximum atomic E-state index is 12.8. The molecule has 2 heterocycles. The van der Waals surface area contributed by atoms with Crippen LogP contribution in [0.1, 0.15) is 24.8 Å². The number of nitrogens with zero attached hydrogens (tertiary/aromatic N) is 1. The van der Waals surface area contributed by atoms with Gasteiger partial charge in [-0.05, 0) is 30.9 Å². The fourth-order valence-electron chi connectivity index (χ4n) is 2.98. The van der Waals surface area contributed by atoms with Crippen LogP contribution in [0.15, 0.2) is 24.3 Å². The Morgan fingerprint density at radius 3 is 2.95 bits per heavy atom. The summed E-state index contributed by atoms with van der Waals surface area (Å²) >= 11 is 0. The van der Waals surface area contributed by atoms with Crippen molar-refractivity contribution in [3.8, 4) is 0 Å². The standard InChI is InChI=1S/C15H22N2O3S/c18-21(19,12-14-6-3-4-10-20-14)17-9-8-16-11-13-5-1-2-7-15(13)17/h1-2,5,7,14,16H,3-4,6,8-12H2. The van der Waals surface area contributed by atoms with Crippen LogP contribution in [-0.2, 0) is 21.3 Å². The van der Waals surface area contributed by atoms with Crippen LogP contribution in [0.3, 0.4) is 0 Å². The first-order valence-corrected chi connectivity index (χ1v) is 9.18. The van der Waals surface area contributed by atoms with Crippen LogP contribution in [0.25, 0.3) is 0 Å². The zero-order valence-electron chi connectivity index (χ0n) is 12.1. The molecule has 2 aliphatic heterocycles. The number of para-hydroxylation sites is 1. The predicted octanol–water partition coefficient (Wildman–Crippen LogP) is 1.50. The quantitative estimate of drug-likeness (QED) is 0.919. The first kappa shape index (κ1) is 14.8. The maximum Gasteiger partial charge on any atom is 0.237 e. The van der Waals surface area contributed by atoms with Crippen molar-refractivity contribution in [1.29, 1.82) is 0 Å². The molecule has 1 atom stereocenters. The molecule has 1 saturated heterocycles. The molecule has 116 valence electrons. The Kier molecular flexibility index (Phi) is 4.47. The summed E-state index contributed by atoms with van der Waals surface area (Å²) in [5.74, 6) is 0.0847. The summed E-state index contributed by atoms with van der Waals surface area (Å²) < 4.78 is 32.7. The van der Waals surface area contributed by atoms with Gasteiger partial charge in [0.1, 0.15) is 0 Å². The molecule has 0 amide bonds. The molecule has 3 rings (SSSR count). The molecule has 0 aliphatic carbocycles. The minimum atomic E-state index is -3.35. The Bertz CT molecular complexity index is 582. The molecule has 2 aliphatic rings. The number of fused-ring (bicyclic) bond motifs is 1. The Labute approximate surface area is 126 Å². The second kappa shape index (κ2) is 6.34. The number of nitrogens with one attached hydrogen (secondary N) is 1. The second-order valence-corrected chi connectivity index (χ2v) is 7.58. The average Bonchev–Trinajstić information content (AvgIpc) is 2.70. The van der Waals surface area contributed by atoms with Gasteiger partial charge in [0.2, 0.25) is 10.0 Å². The van der Waals surface area contributed by atoms with Gasteiger partial charge in [0.25, 0.3) is 0 Å². The Hall–Kier alpha value is -1.11. The number of rotatable bonds is 3. The molecule has 0 aromatic heterocycles. The van der Waals surface area contributed by atoms with Crippen molar-refractivity contribution < 1.29 is 13.2 Å². The summed E-state index contributed by atoms with van der Waals surface area (Å²) in [6, 6.07) is 7.71. The molecule has 1 aromatic rings. The van der Waals surface area contributed by atoms with Gasteiger partial charge in [-0.25, -0.2) is 8.42 Å². The fraction of sp³-hybridized carbons (Fsp3) is 0.600. The van der Waals surface area contributed by atoms with Crippen LogP contribution in [0.2, 0.25) is 0 Å². The minimum absolute atomic E-state index is 0.0847. The second-order valence-electron chi connectivity index (χ2n) is 5.64. The number of hydrogen-bond donors (Lipinski definition) is 1. The molecule has 0 radical (unpaired) electrons. The number of sulfonamides is 1. The molecule has 21 heavy (non-hydrogen) atoms. The molecule has 0 bridgehead atoms. The third-order valence-electron chi connectivity index (χ3n) is 4.07. The van der Waals surface area contributed by atoms with Crippen molar-refractivity contribution in [3.05, 3.63) is 29.8 Å². The average molecular weight is 310 g/mol. The van der Waals surface area contributed by atoms with E-state index in [0.29, 0.717) is 26.2 Å². The summed E-state index contributed by atoms with van der Waals surface area (Å²) in [6.45, 7) is 2.53. The van der Waals surface area contributed by atoms with Gasteiger partial charge in [-0.1, -0.05) is 18.2 Å². The van der Waals surface area contributed by atoms with Gasteiger partial charge < -0.3 is 10.1 Å². The predicted molar refractivity (Wildman–Crippen MR) is 82.9 cm³/mol. The summed E-state index contributed by atoms with van der Waals surface area (Å²) in [5.41, 5.74) is 1.83. The van der Waals surface area contributed by atoms with E-state index in [1.807, 2.05) is 24.3 Å². The highest BCUT2D eigenvalue weighted by molar-refractivity contribution is 7.92. The summed E-state index contributed by atoms with van der Waals surface area (Å²) in [7, 11) is -3.35. The van der Waals surface area contributed by atoms with Crippen molar-refractivity contribution in [2.45, 2.75) is 31.9 Å². The van der Waals surface area contributed by atoms with Crippen LogP contribution in [-0.4, -0.2) is 40.0 Å². The molecular weight excluding hydrogens is 288 g/mol. The van der Waals surface area contributed by atoms with Gasteiger partial charge in [0.05, 0.1) is 17.5 Å². The van der Waals surface area contributed by atoms with E-state index in [1.54, 1.807) is 4.31 Å². The Morgan fingerprint density at radius 1 is 1.29 bits per heavy atom. The number of benzene rings is 1. The molecule has 1 aromatic carbocycles. The minimum Gasteiger partial charge on any atom is -0.377 e. The van der Waals surface area contributed by atoms with Crippen molar-refractivity contribution in [2.24, 2.45) is 0 Å². The highest BCUT2D eigenvalue weighted by Crippen LogP contribution is 2.26. The highest BCUT2D eigenvalue weighted by atomic mass is 32.2. The Balaban J connectivity index is 1.84. The van der Waals surface area contributed by atoms with E-state index in [1.165, 1.54) is 0 Å². The van der Waals surface area contributed by atoms with E-state index in [0.717, 1.165) is 30.5 Å². The summed E-state index contributed by atoms with van der Waals surface area (Å²) in [5, 5.41) is 3.27. The highest BCUT2D eigenvalue weighted by Gasteiger charge is 2.30. The van der Waals surface area contributed by atoms with Crippen molar-refractivity contribution in [3.63, 3.8) is 0 Å². The zero-order valence-corrected chi connectivity index (χ0v) is 12.9. The molecule has 1 fully saturated rings. The molecule has 0 spiro atoms. The largest absolute Gasteiger partial charge is 0.377 e. The molecule has 1 unspecified atom stereocenters. The van der Waals surface area contributed by atoms with Crippen LogP contribution in [0.4, 0.5) is 5.69 Å². The molecule has 0 saturated carbocycles. The van der Waals surface area contributed by atoms with E-state index in [9.17, 15) is 8.42 Å². The summed E-state index contributed by atoms with van der Waals surface area (Å²) in [6.07, 6.45) is 2.77. The van der Waals surface area contributed by atoms with Crippen LogP contribution < -0.4 is 9.62 Å². The number of hydrogen-bond acceptors (Lipinski definition) is 4. The van der Waals surface area contributed by atoms with Gasteiger partial charge in [-0.3, -0.25) is 4.31 Å². The van der Waals surface area contributed by atoms with E-state index in [4.69, 9.17) is 4.74 Å². The van der Waals surface area contributed by atoms with Gasteiger partial charge >= 0.3 is 0 Å². The van der Waals surface area contributed by atoms with Crippen LogP contribution in [0, 0.1) is 0 Å². The van der Waals surface area contributed by atoms with Gasteiger partial charge in [-0.15, -0.1) is 0 Å². The molecule has 6 heteroatoms. The summed E-state index contributed by atoms with van der Waals surface area (Å²) in [4.78, 5) is 0. The van der Waals surface area contributed by atoms with Gasteiger partial charge in [0.15, 0.2) is 0 Å². The monoisotopic (exact) mass is 310 g/mol. The van der Waals surface area contributed by atoms with Gasteiger partial charge in [-0.2, -0.15) is 0 Å². The van der Waals surface area contributed by atoms with E-state index < -0.39 is 10.0 Å². The van der Waals surface area contributed by atoms with Crippen LogP contribution >= 0.6 is 0 Å². The van der Waals surface area contributed by atoms with Crippen molar-refractivity contribution in [1.82, 2.24) is 5.32 Å². The molecule has 1 N–H and O–H groups in total. The van der Waals surface area contributed by atoms with Crippen molar-refractivity contribution >= 4 is 15.7 Å². The third kappa shape index (κ3) is 3.39. The van der Waals surface area contributed by atoms with Crippen LogP contribution in [0.5, 0.6) is 0 Å². The molecule has 5 nitrogen and oxygen atoms in total. The lowest BCUT2D eigenvalue weighted by molar-refractivity contribution is 0.0305. The topological polar surface area (TPSA) is 58.6 Å². The van der Waals surface area contributed by atoms with E-state index >= 15 is 0 Å². The van der Waals surface area contributed by atoms with E-state index in [2.05, 4.69) is 5.32 Å². The number of anilines is 1. The van der Waals surface area contributed by atoms with Gasteiger partial charge in [0, 0.05) is 26.2 Å². The van der Waals surface area contributed by atoms with E-state index in [-0.39, 0.29) is 11.9 Å². The lowest BCUT2D eigenvalue weighted by Crippen LogP contribution is -2.40. The zero-order chi connectivity index (χ0) is 14.7. The number of ether oxygens (including phenoxy) is 1. The maximum absolute atomic E-state index is 12.8. The first-order chi connectivity index (χ1) is 10.2. The smallest absolute Gasteiger partial charge is 0.237 e.